The van der Waals surface area contributed by atoms with Crippen LogP contribution in [0.15, 0.2) is 4.52 Å². The predicted octanol–water partition coefficient (Wildman–Crippen LogP) is 2.26. The van der Waals surface area contributed by atoms with Gasteiger partial charge in [-0.1, -0.05) is 18.0 Å². The van der Waals surface area contributed by atoms with Gasteiger partial charge in [0, 0.05) is 6.54 Å². The Morgan fingerprint density at radius 1 is 1.33 bits per heavy atom. The molecule has 0 spiro atoms. The summed E-state index contributed by atoms with van der Waals surface area (Å²) in [6, 6.07) is 0. The highest BCUT2D eigenvalue weighted by atomic mass is 19.3. The van der Waals surface area contributed by atoms with E-state index in [4.69, 9.17) is 10.3 Å². The molecular formula is C12H17F4N3O2. The van der Waals surface area contributed by atoms with E-state index in [1.165, 1.54) is 0 Å². The Hall–Kier alpha value is -1.22. The number of hydrogen-bond donors (Lipinski definition) is 1. The summed E-state index contributed by atoms with van der Waals surface area (Å²) in [4.78, 5) is 4.08. The van der Waals surface area contributed by atoms with E-state index in [-0.39, 0.29) is 11.2 Å². The number of ether oxygens (including phenoxy) is 1. The van der Waals surface area contributed by atoms with Crippen LogP contribution < -0.4 is 5.73 Å². The van der Waals surface area contributed by atoms with Gasteiger partial charge < -0.3 is 15.0 Å². The first-order valence-corrected chi connectivity index (χ1v) is 6.66. The fraction of sp³-hybridized carbons (Fsp3) is 0.833. The molecule has 0 aromatic carbocycles. The summed E-state index contributed by atoms with van der Waals surface area (Å²) in [6.07, 6.45) is -0.0968. The summed E-state index contributed by atoms with van der Waals surface area (Å²) in [5.41, 5.74) is 5.40. The average Bonchev–Trinajstić information content (AvgIpc) is 3.07. The van der Waals surface area contributed by atoms with Crippen molar-refractivity contribution in [3.8, 4) is 0 Å². The molecule has 2 rings (SSSR count). The number of halogens is 4. The highest BCUT2D eigenvalue weighted by Gasteiger charge is 2.41. The predicted molar refractivity (Wildman–Crippen MR) is 64.1 cm³/mol. The van der Waals surface area contributed by atoms with Crippen LogP contribution in [0.4, 0.5) is 17.6 Å². The van der Waals surface area contributed by atoms with Gasteiger partial charge >= 0.3 is 12.3 Å². The van der Waals surface area contributed by atoms with Crippen molar-refractivity contribution in [3.63, 3.8) is 0 Å². The van der Waals surface area contributed by atoms with Crippen LogP contribution in [-0.2, 0) is 16.8 Å². The fourth-order valence-electron chi connectivity index (χ4n) is 2.43. The van der Waals surface area contributed by atoms with Crippen molar-refractivity contribution in [2.24, 2.45) is 5.73 Å². The zero-order valence-electron chi connectivity index (χ0n) is 11.3. The molecule has 0 saturated heterocycles. The zero-order chi connectivity index (χ0) is 15.5. The van der Waals surface area contributed by atoms with Crippen LogP contribution in [0, 0.1) is 0 Å². The fourth-order valence-corrected chi connectivity index (χ4v) is 2.43. The molecule has 21 heavy (non-hydrogen) atoms. The molecule has 0 radical (unpaired) electrons. The Bertz CT molecular complexity index is 461. The lowest BCUT2D eigenvalue weighted by Crippen LogP contribution is -2.32. The molecule has 1 saturated carbocycles. The van der Waals surface area contributed by atoms with Crippen LogP contribution in [0.5, 0.6) is 0 Å². The first kappa shape index (κ1) is 16.2. The lowest BCUT2D eigenvalue weighted by Gasteiger charge is -2.21. The number of nitrogens with zero attached hydrogens (tertiary/aromatic N) is 2. The topological polar surface area (TPSA) is 74.2 Å². The minimum atomic E-state index is -4.18. The second-order valence-corrected chi connectivity index (χ2v) is 5.26. The molecule has 1 fully saturated rings. The highest BCUT2D eigenvalue weighted by Crippen LogP contribution is 2.39. The Labute approximate surface area is 118 Å². The minimum Gasteiger partial charge on any atom is -0.367 e. The quantitative estimate of drug-likeness (QED) is 0.782. The van der Waals surface area contributed by atoms with Gasteiger partial charge in [0.15, 0.2) is 5.82 Å². The van der Waals surface area contributed by atoms with E-state index >= 15 is 0 Å². The zero-order valence-corrected chi connectivity index (χ0v) is 11.3. The van der Waals surface area contributed by atoms with Crippen LogP contribution in [0.2, 0.25) is 0 Å². The number of nitrogens with two attached hydrogens (primary N) is 1. The van der Waals surface area contributed by atoms with Gasteiger partial charge in [0.05, 0.1) is 5.41 Å². The lowest BCUT2D eigenvalue weighted by atomic mass is 9.86. The van der Waals surface area contributed by atoms with Crippen LogP contribution >= 0.6 is 0 Å². The third-order valence-corrected chi connectivity index (χ3v) is 3.72. The third kappa shape index (κ3) is 3.52. The van der Waals surface area contributed by atoms with Gasteiger partial charge in [0.25, 0.3) is 0 Å². The third-order valence-electron chi connectivity index (χ3n) is 3.72. The molecule has 1 aliphatic rings. The standard InChI is InChI=1S/C12H17F4N3O2/c13-9(14)12(15,16)7-20-5-8-18-10(21-19-8)11(6-17)3-1-2-4-11/h9H,1-7,17H2. The molecule has 120 valence electrons. The maximum atomic E-state index is 12.7. The first-order chi connectivity index (χ1) is 9.89. The molecule has 1 aliphatic carbocycles. The van der Waals surface area contributed by atoms with Gasteiger partial charge in [-0.3, -0.25) is 0 Å². The summed E-state index contributed by atoms with van der Waals surface area (Å²) in [7, 11) is 0. The summed E-state index contributed by atoms with van der Waals surface area (Å²) < 4.78 is 58.9. The van der Waals surface area contributed by atoms with E-state index in [1.807, 2.05) is 0 Å². The molecule has 0 atom stereocenters. The maximum absolute atomic E-state index is 12.7. The Kier molecular flexibility index (Phi) is 4.82. The Morgan fingerprint density at radius 3 is 2.57 bits per heavy atom. The summed E-state index contributed by atoms with van der Waals surface area (Å²) in [5.74, 6) is -3.77. The largest absolute Gasteiger partial charge is 0.367 e. The van der Waals surface area contributed by atoms with Crippen LogP contribution in [0.3, 0.4) is 0 Å². The van der Waals surface area contributed by atoms with Gasteiger partial charge in [-0.2, -0.15) is 13.8 Å². The summed E-state index contributed by atoms with van der Waals surface area (Å²) in [5, 5.41) is 3.62. The van der Waals surface area contributed by atoms with E-state index in [0.717, 1.165) is 25.7 Å². The molecule has 9 heteroatoms. The van der Waals surface area contributed by atoms with E-state index in [9.17, 15) is 17.6 Å². The molecule has 0 bridgehead atoms. The molecule has 1 heterocycles. The van der Waals surface area contributed by atoms with E-state index in [1.54, 1.807) is 0 Å². The van der Waals surface area contributed by atoms with Crippen molar-refractivity contribution in [2.75, 3.05) is 13.2 Å². The lowest BCUT2D eigenvalue weighted by molar-refractivity contribution is -0.168. The van der Waals surface area contributed by atoms with E-state index in [0.29, 0.717) is 12.4 Å². The van der Waals surface area contributed by atoms with Crippen LogP contribution in [0.25, 0.3) is 0 Å². The van der Waals surface area contributed by atoms with Gasteiger partial charge in [-0.05, 0) is 12.8 Å². The van der Waals surface area contributed by atoms with Gasteiger partial charge in [-0.15, -0.1) is 0 Å². The average molecular weight is 311 g/mol. The van der Waals surface area contributed by atoms with Gasteiger partial charge in [0.2, 0.25) is 5.89 Å². The minimum absolute atomic E-state index is 0.0507. The number of alkyl halides is 4. The monoisotopic (exact) mass is 311 g/mol. The molecular weight excluding hydrogens is 294 g/mol. The van der Waals surface area contributed by atoms with E-state index in [2.05, 4.69) is 14.9 Å². The number of rotatable bonds is 7. The molecule has 0 amide bonds. The molecule has 5 nitrogen and oxygen atoms in total. The molecule has 1 aromatic rings. The smallest absolute Gasteiger partial charge is 0.330 e. The van der Waals surface area contributed by atoms with Crippen molar-refractivity contribution in [1.29, 1.82) is 0 Å². The number of hydrogen-bond acceptors (Lipinski definition) is 5. The van der Waals surface area contributed by atoms with Crippen molar-refractivity contribution in [1.82, 2.24) is 10.1 Å². The van der Waals surface area contributed by atoms with Crippen molar-refractivity contribution in [3.05, 3.63) is 11.7 Å². The summed E-state index contributed by atoms with van der Waals surface area (Å²) in [6.45, 7) is -1.44. The van der Waals surface area contributed by atoms with Crippen molar-refractivity contribution >= 4 is 0 Å². The first-order valence-electron chi connectivity index (χ1n) is 6.66. The number of aromatic nitrogens is 2. The van der Waals surface area contributed by atoms with Crippen LogP contribution in [-0.4, -0.2) is 35.6 Å². The molecule has 1 aromatic heterocycles. The van der Waals surface area contributed by atoms with Gasteiger partial charge in [-0.25, -0.2) is 8.78 Å². The molecule has 0 aliphatic heterocycles. The molecule has 2 N–H and O–H groups in total. The van der Waals surface area contributed by atoms with Crippen LogP contribution in [0.1, 0.15) is 37.4 Å². The Balaban J connectivity index is 1.92. The maximum Gasteiger partial charge on any atom is 0.330 e. The molecule has 0 unspecified atom stereocenters. The highest BCUT2D eigenvalue weighted by molar-refractivity contribution is 5.08. The van der Waals surface area contributed by atoms with Crippen molar-refractivity contribution < 1.29 is 26.8 Å². The SMILES string of the molecule is NCC1(c2nc(COCC(F)(F)C(F)F)no2)CCCC1. The Morgan fingerprint density at radius 2 is 2.00 bits per heavy atom. The van der Waals surface area contributed by atoms with Crippen molar-refractivity contribution in [2.45, 2.75) is 50.1 Å². The normalized spacial score (nSPS) is 18.6. The second-order valence-electron chi connectivity index (χ2n) is 5.26. The second kappa shape index (κ2) is 6.27. The van der Waals surface area contributed by atoms with Gasteiger partial charge in [0.1, 0.15) is 13.2 Å². The van der Waals surface area contributed by atoms with E-state index < -0.39 is 25.6 Å². The summed E-state index contributed by atoms with van der Waals surface area (Å²) >= 11 is 0.